The Labute approximate surface area is 160 Å². The van der Waals surface area contributed by atoms with Crippen LogP contribution in [0.3, 0.4) is 0 Å². The van der Waals surface area contributed by atoms with Crippen molar-refractivity contribution >= 4 is 35.0 Å². The average Bonchev–Trinajstić information content (AvgIpc) is 2.57. The molecule has 6 heteroatoms. The average molecular weight is 388 g/mol. The van der Waals surface area contributed by atoms with E-state index in [-0.39, 0.29) is 0 Å². The van der Waals surface area contributed by atoms with Crippen molar-refractivity contribution in [1.82, 2.24) is 15.1 Å². The maximum Gasteiger partial charge on any atom is 0.0635 e. The van der Waals surface area contributed by atoms with Crippen molar-refractivity contribution < 1.29 is 0 Å². The van der Waals surface area contributed by atoms with E-state index in [1.165, 1.54) is 43.1 Å². The fraction of sp³-hybridized carbons (Fsp3) is 0.667. The lowest BCUT2D eigenvalue weighted by atomic mass is 9.94. The minimum Gasteiger partial charge on any atom is -0.319 e. The smallest absolute Gasteiger partial charge is 0.0635 e. The zero-order valence-electron chi connectivity index (χ0n) is 14.3. The number of benzene rings is 1. The van der Waals surface area contributed by atoms with Crippen LogP contribution in [-0.4, -0.2) is 67.2 Å². The van der Waals surface area contributed by atoms with E-state index < -0.39 is 0 Å². The lowest BCUT2D eigenvalue weighted by molar-refractivity contribution is -0.0310. The van der Waals surface area contributed by atoms with Crippen molar-refractivity contribution in [3.63, 3.8) is 0 Å². The van der Waals surface area contributed by atoms with Crippen molar-refractivity contribution in [3.8, 4) is 0 Å². The first kappa shape index (κ1) is 18.8. The number of halogens is 2. The summed E-state index contributed by atoms with van der Waals surface area (Å²) in [6, 6.07) is 6.06. The molecule has 2 heterocycles. The van der Waals surface area contributed by atoms with Crippen LogP contribution in [-0.2, 0) is 0 Å². The second-order valence-corrected chi connectivity index (χ2v) is 8.71. The normalized spacial score (nSPS) is 23.9. The zero-order chi connectivity index (χ0) is 16.9. The van der Waals surface area contributed by atoms with Crippen molar-refractivity contribution in [2.45, 2.75) is 24.9 Å². The summed E-state index contributed by atoms with van der Waals surface area (Å²) < 4.78 is 0. The first-order valence-electron chi connectivity index (χ1n) is 8.84. The number of hydrogen-bond donors (Lipinski definition) is 1. The third-order valence-corrected chi connectivity index (χ3v) is 6.88. The Kier molecular flexibility index (Phi) is 7.14. The molecular formula is C18H27Cl2N3S. The van der Waals surface area contributed by atoms with Gasteiger partial charge in [0.1, 0.15) is 0 Å². The Balaban J connectivity index is 1.56. The van der Waals surface area contributed by atoms with Gasteiger partial charge < -0.3 is 5.32 Å². The van der Waals surface area contributed by atoms with Crippen LogP contribution < -0.4 is 5.32 Å². The fourth-order valence-corrected chi connectivity index (χ4v) is 4.94. The van der Waals surface area contributed by atoms with Crippen LogP contribution >= 0.6 is 35.0 Å². The van der Waals surface area contributed by atoms with Crippen LogP contribution in [0.2, 0.25) is 10.0 Å². The van der Waals surface area contributed by atoms with Crippen LogP contribution in [0.4, 0.5) is 0 Å². The molecule has 2 aliphatic rings. The second-order valence-electron chi connectivity index (χ2n) is 6.67. The fourth-order valence-electron chi connectivity index (χ4n) is 3.70. The summed E-state index contributed by atoms with van der Waals surface area (Å²) in [6.07, 6.45) is 3.15. The van der Waals surface area contributed by atoms with Gasteiger partial charge >= 0.3 is 0 Å². The molecule has 0 aliphatic carbocycles. The van der Waals surface area contributed by atoms with Gasteiger partial charge in [0.15, 0.2) is 0 Å². The van der Waals surface area contributed by atoms with Crippen LogP contribution in [0, 0.1) is 0 Å². The van der Waals surface area contributed by atoms with E-state index in [0.717, 1.165) is 19.5 Å². The highest BCUT2D eigenvalue weighted by atomic mass is 35.5. The number of likely N-dealkylation sites (N-methyl/N-ethyl adjacent to an activating group) is 1. The van der Waals surface area contributed by atoms with Gasteiger partial charge in [0.2, 0.25) is 0 Å². The second kappa shape index (κ2) is 9.11. The third kappa shape index (κ3) is 4.60. The van der Waals surface area contributed by atoms with E-state index in [1.54, 1.807) is 0 Å². The van der Waals surface area contributed by atoms with E-state index in [0.29, 0.717) is 22.1 Å². The summed E-state index contributed by atoms with van der Waals surface area (Å²) in [5, 5.41) is 4.62. The molecule has 0 aromatic heterocycles. The molecule has 24 heavy (non-hydrogen) atoms. The highest BCUT2D eigenvalue weighted by Gasteiger charge is 2.33. The molecule has 134 valence electrons. The molecule has 2 atom stereocenters. The Morgan fingerprint density at radius 1 is 1.21 bits per heavy atom. The minimum atomic E-state index is 0.475. The van der Waals surface area contributed by atoms with Gasteiger partial charge in [-0.2, -0.15) is 11.8 Å². The molecule has 2 aliphatic heterocycles. The lowest BCUT2D eigenvalue weighted by Crippen LogP contribution is -2.59. The molecule has 0 radical (unpaired) electrons. The molecule has 1 aromatic rings. The maximum atomic E-state index is 6.21. The predicted octanol–water partition coefficient (Wildman–Crippen LogP) is 3.77. The number of nitrogens with zero attached hydrogens (tertiary/aromatic N) is 2. The molecule has 0 amide bonds. The largest absolute Gasteiger partial charge is 0.319 e. The van der Waals surface area contributed by atoms with Crippen LogP contribution in [0.25, 0.3) is 0 Å². The van der Waals surface area contributed by atoms with E-state index in [4.69, 9.17) is 23.2 Å². The number of likely N-dealkylation sites (tertiary alicyclic amines) is 1. The van der Waals surface area contributed by atoms with Gasteiger partial charge in [0.05, 0.1) is 16.2 Å². The third-order valence-electron chi connectivity index (χ3n) is 5.19. The van der Waals surface area contributed by atoms with Crippen LogP contribution in [0.15, 0.2) is 18.2 Å². The molecule has 2 fully saturated rings. The van der Waals surface area contributed by atoms with Crippen molar-refractivity contribution in [1.29, 1.82) is 0 Å². The molecule has 1 unspecified atom stereocenters. The van der Waals surface area contributed by atoms with Gasteiger partial charge in [-0.3, -0.25) is 9.80 Å². The molecule has 0 bridgehead atoms. The standard InChI is InChI=1S/C18H27Cl2N3S/c1-21-13-15(14-2-3-16(19)17(20)12-14)4-6-22-7-5-18(22)23-8-10-24-11-9-23/h2-3,12,15,18,21H,4-11,13H2,1H3/t15-,18?/m1/s1. The number of thioether (sulfide) groups is 1. The summed E-state index contributed by atoms with van der Waals surface area (Å²) in [5.74, 6) is 3.05. The monoisotopic (exact) mass is 387 g/mol. The van der Waals surface area contributed by atoms with E-state index in [1.807, 2.05) is 19.2 Å². The van der Waals surface area contributed by atoms with Crippen molar-refractivity contribution in [3.05, 3.63) is 33.8 Å². The maximum absolute atomic E-state index is 6.21. The molecule has 3 rings (SSSR count). The predicted molar refractivity (Wildman–Crippen MR) is 107 cm³/mol. The summed E-state index contributed by atoms with van der Waals surface area (Å²) in [7, 11) is 2.02. The number of hydrogen-bond acceptors (Lipinski definition) is 4. The minimum absolute atomic E-state index is 0.475. The molecule has 0 spiro atoms. The molecule has 1 aromatic carbocycles. The Morgan fingerprint density at radius 2 is 2.00 bits per heavy atom. The topological polar surface area (TPSA) is 18.5 Å². The molecule has 0 saturated carbocycles. The zero-order valence-corrected chi connectivity index (χ0v) is 16.6. The molecule has 1 N–H and O–H groups in total. The summed E-state index contributed by atoms with van der Waals surface area (Å²) in [5.41, 5.74) is 1.28. The van der Waals surface area contributed by atoms with Crippen molar-refractivity contribution in [2.24, 2.45) is 0 Å². The first-order valence-corrected chi connectivity index (χ1v) is 10.8. The van der Waals surface area contributed by atoms with E-state index >= 15 is 0 Å². The molecule has 2 saturated heterocycles. The Morgan fingerprint density at radius 3 is 2.62 bits per heavy atom. The quantitative estimate of drug-likeness (QED) is 0.766. The summed E-state index contributed by atoms with van der Waals surface area (Å²) in [4.78, 5) is 5.32. The lowest BCUT2D eigenvalue weighted by Gasteiger charge is -2.49. The summed E-state index contributed by atoms with van der Waals surface area (Å²) in [6.45, 7) is 5.86. The van der Waals surface area contributed by atoms with Gasteiger partial charge in [-0.15, -0.1) is 0 Å². The van der Waals surface area contributed by atoms with Gasteiger partial charge in [-0.25, -0.2) is 0 Å². The Bertz CT molecular complexity index is 537. The molecule has 3 nitrogen and oxygen atoms in total. The number of nitrogens with one attached hydrogen (secondary N) is 1. The highest BCUT2D eigenvalue weighted by Crippen LogP contribution is 2.30. The molecular weight excluding hydrogens is 361 g/mol. The van der Waals surface area contributed by atoms with Crippen molar-refractivity contribution in [2.75, 3.05) is 51.3 Å². The highest BCUT2D eigenvalue weighted by molar-refractivity contribution is 7.99. The van der Waals surface area contributed by atoms with Crippen LogP contribution in [0.1, 0.15) is 24.3 Å². The van der Waals surface area contributed by atoms with Crippen LogP contribution in [0.5, 0.6) is 0 Å². The summed E-state index contributed by atoms with van der Waals surface area (Å²) >= 11 is 14.4. The van der Waals surface area contributed by atoms with E-state index in [9.17, 15) is 0 Å². The van der Waals surface area contributed by atoms with Gasteiger partial charge in [-0.05, 0) is 43.5 Å². The van der Waals surface area contributed by atoms with Gasteiger partial charge in [0.25, 0.3) is 0 Å². The number of rotatable bonds is 7. The SMILES string of the molecule is CNC[C@@H](CCN1CCC1N1CCSCC1)c1ccc(Cl)c(Cl)c1. The Hall–Kier alpha value is 0.0300. The van der Waals surface area contributed by atoms with E-state index in [2.05, 4.69) is 32.9 Å². The van der Waals surface area contributed by atoms with Gasteiger partial charge in [0, 0.05) is 44.2 Å². The van der Waals surface area contributed by atoms with Gasteiger partial charge in [-0.1, -0.05) is 29.3 Å². The first-order chi connectivity index (χ1) is 11.7.